The Morgan fingerprint density at radius 3 is 2.57 bits per heavy atom. The molecule has 0 radical (unpaired) electrons. The Bertz CT molecular complexity index is 546. The van der Waals surface area contributed by atoms with E-state index >= 15 is 0 Å². The fraction of sp³-hybridized carbons (Fsp3) is 0.500. The van der Waals surface area contributed by atoms with Gasteiger partial charge < -0.3 is 10.1 Å². The highest BCUT2D eigenvalue weighted by atomic mass is 16.5. The molecule has 0 aliphatic carbocycles. The predicted molar refractivity (Wildman–Crippen MR) is 83.5 cm³/mol. The zero-order chi connectivity index (χ0) is 15.2. The number of ether oxygens (including phenoxy) is 1. The van der Waals surface area contributed by atoms with E-state index in [-0.39, 0.29) is 0 Å². The van der Waals surface area contributed by atoms with Gasteiger partial charge in [0.05, 0.1) is 12.4 Å². The zero-order valence-corrected chi connectivity index (χ0v) is 13.2. The van der Waals surface area contributed by atoms with Crippen LogP contribution in [0.3, 0.4) is 0 Å². The highest BCUT2D eigenvalue weighted by Crippen LogP contribution is 2.19. The molecule has 1 N–H and O–H groups in total. The lowest BCUT2D eigenvalue weighted by Crippen LogP contribution is -2.18. The monoisotopic (exact) mass is 288 g/mol. The number of pyridine rings is 1. The molecule has 2 rings (SSSR count). The van der Waals surface area contributed by atoms with Gasteiger partial charge in [0, 0.05) is 24.8 Å². The molecule has 2 aromatic rings. The van der Waals surface area contributed by atoms with Gasteiger partial charge in [0.15, 0.2) is 5.75 Å². The number of rotatable bonds is 7. The van der Waals surface area contributed by atoms with Crippen molar-refractivity contribution in [2.45, 2.75) is 40.3 Å². The van der Waals surface area contributed by atoms with Gasteiger partial charge >= 0.3 is 0 Å². The van der Waals surface area contributed by atoms with Crippen molar-refractivity contribution in [3.8, 4) is 11.6 Å². The summed E-state index contributed by atoms with van der Waals surface area (Å²) in [6, 6.07) is 4.24. The van der Waals surface area contributed by atoms with Crippen LogP contribution in [0.25, 0.3) is 0 Å². The van der Waals surface area contributed by atoms with Crippen LogP contribution in [-0.2, 0) is 6.54 Å². The van der Waals surface area contributed by atoms with Crippen LogP contribution in [0.1, 0.15) is 39.3 Å². The minimum atomic E-state index is 0.324. The van der Waals surface area contributed by atoms with Gasteiger partial charge in [0.1, 0.15) is 0 Å². The van der Waals surface area contributed by atoms with Gasteiger partial charge in [0.2, 0.25) is 5.88 Å². The number of aromatic nitrogens is 3. The lowest BCUT2D eigenvalue weighted by atomic mass is 10.2. The molecule has 0 saturated carbocycles. The fourth-order valence-corrected chi connectivity index (χ4v) is 1.86. The van der Waals surface area contributed by atoms with Gasteiger partial charge in [-0.05, 0) is 31.9 Å². The maximum atomic E-state index is 5.69. The largest absolute Gasteiger partial charge is 0.436 e. The standard InChI is InChI=1S/C16H24N4O/c1-12(2)7-17-8-14-5-6-16(18-9-14)21-15-10-19-20(11-15)13(3)4/h5-6,9-13,17H,7-8H2,1-4H3. The lowest BCUT2D eigenvalue weighted by molar-refractivity contribution is 0.458. The van der Waals surface area contributed by atoms with Crippen molar-refractivity contribution in [2.75, 3.05) is 6.54 Å². The van der Waals surface area contributed by atoms with Crippen molar-refractivity contribution in [2.24, 2.45) is 5.92 Å². The van der Waals surface area contributed by atoms with Crippen molar-refractivity contribution >= 4 is 0 Å². The smallest absolute Gasteiger partial charge is 0.219 e. The summed E-state index contributed by atoms with van der Waals surface area (Å²) in [5.74, 6) is 1.95. The van der Waals surface area contributed by atoms with Crippen molar-refractivity contribution in [3.05, 3.63) is 36.3 Å². The SMILES string of the molecule is CC(C)CNCc1ccc(Oc2cnn(C(C)C)c2)nc1. The zero-order valence-electron chi connectivity index (χ0n) is 13.2. The Balaban J connectivity index is 1.89. The molecule has 5 heteroatoms. The summed E-state index contributed by atoms with van der Waals surface area (Å²) in [7, 11) is 0. The molecule has 0 atom stereocenters. The quantitative estimate of drug-likeness (QED) is 0.848. The molecule has 0 aromatic carbocycles. The summed E-state index contributed by atoms with van der Waals surface area (Å²) in [6.45, 7) is 10.4. The third-order valence-corrected chi connectivity index (χ3v) is 3.01. The molecule has 0 fully saturated rings. The van der Waals surface area contributed by atoms with Crippen LogP contribution in [0, 0.1) is 5.92 Å². The first-order valence-corrected chi connectivity index (χ1v) is 7.42. The van der Waals surface area contributed by atoms with E-state index in [1.807, 2.05) is 29.2 Å². The Morgan fingerprint density at radius 1 is 1.19 bits per heavy atom. The van der Waals surface area contributed by atoms with E-state index in [1.165, 1.54) is 0 Å². The summed E-state index contributed by atoms with van der Waals surface area (Å²) < 4.78 is 7.55. The van der Waals surface area contributed by atoms with Crippen LogP contribution in [0.2, 0.25) is 0 Å². The summed E-state index contributed by atoms with van der Waals surface area (Å²) in [6.07, 6.45) is 5.43. The van der Waals surface area contributed by atoms with E-state index in [4.69, 9.17) is 4.74 Å². The molecule has 21 heavy (non-hydrogen) atoms. The summed E-state index contributed by atoms with van der Waals surface area (Å²) in [4.78, 5) is 4.33. The van der Waals surface area contributed by atoms with E-state index in [1.54, 1.807) is 6.20 Å². The molecular weight excluding hydrogens is 264 g/mol. The van der Waals surface area contributed by atoms with E-state index in [0.29, 0.717) is 23.6 Å². The van der Waals surface area contributed by atoms with Crippen LogP contribution in [-0.4, -0.2) is 21.3 Å². The molecule has 0 aliphatic heterocycles. The molecule has 0 saturated heterocycles. The predicted octanol–water partition coefficient (Wildman–Crippen LogP) is 3.40. The summed E-state index contributed by atoms with van der Waals surface area (Å²) in [5, 5.41) is 7.63. The highest BCUT2D eigenvalue weighted by molar-refractivity contribution is 5.24. The topological polar surface area (TPSA) is 52.0 Å². The van der Waals surface area contributed by atoms with Crippen LogP contribution >= 0.6 is 0 Å². The van der Waals surface area contributed by atoms with Crippen LogP contribution in [0.15, 0.2) is 30.7 Å². The van der Waals surface area contributed by atoms with Crippen molar-refractivity contribution in [3.63, 3.8) is 0 Å². The van der Waals surface area contributed by atoms with Crippen molar-refractivity contribution < 1.29 is 4.74 Å². The minimum absolute atomic E-state index is 0.324. The minimum Gasteiger partial charge on any atom is -0.436 e. The van der Waals surface area contributed by atoms with Gasteiger partial charge in [-0.3, -0.25) is 4.68 Å². The third-order valence-electron chi connectivity index (χ3n) is 3.01. The average molecular weight is 288 g/mol. The number of hydrogen-bond acceptors (Lipinski definition) is 4. The summed E-state index contributed by atoms with van der Waals surface area (Å²) >= 11 is 0. The maximum absolute atomic E-state index is 5.69. The Hall–Kier alpha value is -1.88. The maximum Gasteiger partial charge on any atom is 0.219 e. The Kier molecular flexibility index (Phi) is 5.33. The Labute approximate surface area is 126 Å². The molecule has 0 bridgehead atoms. The van der Waals surface area contributed by atoms with E-state index in [9.17, 15) is 0 Å². The number of nitrogens with one attached hydrogen (secondary N) is 1. The first kappa shape index (κ1) is 15.5. The first-order valence-electron chi connectivity index (χ1n) is 7.42. The molecule has 5 nitrogen and oxygen atoms in total. The van der Waals surface area contributed by atoms with Gasteiger partial charge in [0.25, 0.3) is 0 Å². The second-order valence-electron chi connectivity index (χ2n) is 5.88. The highest BCUT2D eigenvalue weighted by Gasteiger charge is 2.05. The van der Waals surface area contributed by atoms with Gasteiger partial charge in [-0.1, -0.05) is 19.9 Å². The number of hydrogen-bond donors (Lipinski definition) is 1. The molecule has 2 heterocycles. The van der Waals surface area contributed by atoms with Crippen molar-refractivity contribution in [1.29, 1.82) is 0 Å². The summed E-state index contributed by atoms with van der Waals surface area (Å²) in [5.41, 5.74) is 1.15. The Morgan fingerprint density at radius 2 is 2.00 bits per heavy atom. The molecule has 114 valence electrons. The third kappa shape index (κ3) is 4.86. The second-order valence-corrected chi connectivity index (χ2v) is 5.88. The van der Waals surface area contributed by atoms with Crippen LogP contribution in [0.4, 0.5) is 0 Å². The molecule has 2 aromatic heterocycles. The van der Waals surface area contributed by atoms with Gasteiger partial charge in [-0.15, -0.1) is 0 Å². The van der Waals surface area contributed by atoms with E-state index < -0.39 is 0 Å². The number of nitrogens with zero attached hydrogens (tertiary/aromatic N) is 3. The van der Waals surface area contributed by atoms with Crippen molar-refractivity contribution in [1.82, 2.24) is 20.1 Å². The van der Waals surface area contributed by atoms with Gasteiger partial charge in [-0.2, -0.15) is 5.10 Å². The molecule has 0 amide bonds. The first-order chi connectivity index (χ1) is 10.0. The molecule has 0 aliphatic rings. The lowest BCUT2D eigenvalue weighted by Gasteiger charge is -2.08. The van der Waals surface area contributed by atoms with E-state index in [2.05, 4.69) is 43.1 Å². The molecule has 0 spiro atoms. The fourth-order valence-electron chi connectivity index (χ4n) is 1.86. The van der Waals surface area contributed by atoms with Crippen LogP contribution < -0.4 is 10.1 Å². The average Bonchev–Trinajstić information content (AvgIpc) is 2.89. The normalized spacial score (nSPS) is 11.3. The second kappa shape index (κ2) is 7.22. The van der Waals surface area contributed by atoms with Gasteiger partial charge in [-0.25, -0.2) is 4.98 Å². The molecular formula is C16H24N4O. The van der Waals surface area contributed by atoms with E-state index in [0.717, 1.165) is 18.7 Å². The van der Waals surface area contributed by atoms with Crippen LogP contribution in [0.5, 0.6) is 11.6 Å². The molecule has 0 unspecified atom stereocenters.